The molecule has 0 spiro atoms. The zero-order chi connectivity index (χ0) is 15.2. The van der Waals surface area contributed by atoms with Crippen molar-refractivity contribution < 1.29 is 9.59 Å². The van der Waals surface area contributed by atoms with Crippen LogP contribution in [0.1, 0.15) is 43.0 Å². The maximum absolute atomic E-state index is 12.1. The van der Waals surface area contributed by atoms with Gasteiger partial charge in [-0.05, 0) is 50.5 Å². The summed E-state index contributed by atoms with van der Waals surface area (Å²) in [6.07, 6.45) is 3.69. The Morgan fingerprint density at radius 3 is 2.67 bits per heavy atom. The van der Waals surface area contributed by atoms with Crippen molar-refractivity contribution in [2.75, 3.05) is 13.1 Å². The van der Waals surface area contributed by atoms with Crippen LogP contribution in [0.25, 0.3) is 0 Å². The SMILES string of the molecule is CC1CCCCN1C(=O)CCNC(=O)c1ccc(Cl)cc1. The molecule has 1 unspecified atom stereocenters. The highest BCUT2D eigenvalue weighted by atomic mass is 35.5. The van der Waals surface area contributed by atoms with Gasteiger partial charge in [0.25, 0.3) is 5.91 Å². The van der Waals surface area contributed by atoms with Crippen LogP contribution < -0.4 is 5.32 Å². The van der Waals surface area contributed by atoms with Crippen molar-refractivity contribution in [3.8, 4) is 0 Å². The second kappa shape index (κ2) is 7.46. The van der Waals surface area contributed by atoms with Crippen LogP contribution in [0.4, 0.5) is 0 Å². The van der Waals surface area contributed by atoms with Crippen molar-refractivity contribution in [3.63, 3.8) is 0 Å². The average molecular weight is 309 g/mol. The summed E-state index contributed by atoms with van der Waals surface area (Å²) in [4.78, 5) is 26.0. The number of rotatable bonds is 4. The number of hydrogen-bond acceptors (Lipinski definition) is 2. The molecule has 1 saturated heterocycles. The molecule has 1 N–H and O–H groups in total. The first kappa shape index (κ1) is 15.8. The van der Waals surface area contributed by atoms with Gasteiger partial charge in [0.15, 0.2) is 0 Å². The van der Waals surface area contributed by atoms with E-state index in [1.807, 2.05) is 4.90 Å². The molecule has 1 atom stereocenters. The van der Waals surface area contributed by atoms with Crippen LogP contribution in [-0.2, 0) is 4.79 Å². The minimum atomic E-state index is -0.175. The van der Waals surface area contributed by atoms with Gasteiger partial charge in [-0.25, -0.2) is 0 Å². The predicted octanol–water partition coefficient (Wildman–Crippen LogP) is 2.86. The van der Waals surface area contributed by atoms with Gasteiger partial charge in [0.2, 0.25) is 5.91 Å². The number of benzene rings is 1. The highest BCUT2D eigenvalue weighted by molar-refractivity contribution is 6.30. The van der Waals surface area contributed by atoms with Gasteiger partial charge in [-0.3, -0.25) is 9.59 Å². The van der Waals surface area contributed by atoms with E-state index < -0.39 is 0 Å². The van der Waals surface area contributed by atoms with Crippen molar-refractivity contribution in [1.82, 2.24) is 10.2 Å². The van der Waals surface area contributed by atoms with E-state index in [2.05, 4.69) is 12.2 Å². The number of halogens is 1. The first-order chi connectivity index (χ1) is 10.1. The normalized spacial score (nSPS) is 18.4. The predicted molar refractivity (Wildman–Crippen MR) is 83.4 cm³/mol. The summed E-state index contributed by atoms with van der Waals surface area (Å²) in [6, 6.07) is 7.02. The van der Waals surface area contributed by atoms with Crippen molar-refractivity contribution in [2.45, 2.75) is 38.6 Å². The number of amides is 2. The molecule has 0 saturated carbocycles. The van der Waals surface area contributed by atoms with Crippen LogP contribution >= 0.6 is 11.6 Å². The maximum atomic E-state index is 12.1. The van der Waals surface area contributed by atoms with Gasteiger partial charge in [-0.15, -0.1) is 0 Å². The first-order valence-electron chi connectivity index (χ1n) is 7.41. The third kappa shape index (κ3) is 4.46. The second-order valence-corrected chi connectivity index (χ2v) is 5.88. The molecule has 114 valence electrons. The molecule has 1 fully saturated rings. The Kier molecular flexibility index (Phi) is 5.62. The Morgan fingerprint density at radius 2 is 2.00 bits per heavy atom. The Hall–Kier alpha value is -1.55. The maximum Gasteiger partial charge on any atom is 0.251 e. The van der Waals surface area contributed by atoms with E-state index in [0.717, 1.165) is 19.4 Å². The number of nitrogens with one attached hydrogen (secondary N) is 1. The molecule has 2 amide bonds. The third-order valence-corrected chi connectivity index (χ3v) is 4.11. The quantitative estimate of drug-likeness (QED) is 0.930. The van der Waals surface area contributed by atoms with E-state index in [-0.39, 0.29) is 11.8 Å². The lowest BCUT2D eigenvalue weighted by atomic mass is 10.0. The first-order valence-corrected chi connectivity index (χ1v) is 7.79. The number of carbonyl (C=O) groups excluding carboxylic acids is 2. The fraction of sp³-hybridized carbons (Fsp3) is 0.500. The second-order valence-electron chi connectivity index (χ2n) is 5.44. The minimum Gasteiger partial charge on any atom is -0.352 e. The van der Waals surface area contributed by atoms with E-state index in [1.54, 1.807) is 24.3 Å². The van der Waals surface area contributed by atoms with Crippen LogP contribution in [0.5, 0.6) is 0 Å². The van der Waals surface area contributed by atoms with Crippen LogP contribution in [-0.4, -0.2) is 35.8 Å². The summed E-state index contributed by atoms with van der Waals surface area (Å²) in [6.45, 7) is 3.29. The van der Waals surface area contributed by atoms with Gasteiger partial charge in [0, 0.05) is 36.1 Å². The van der Waals surface area contributed by atoms with Gasteiger partial charge in [-0.2, -0.15) is 0 Å². The van der Waals surface area contributed by atoms with E-state index in [4.69, 9.17) is 11.6 Å². The zero-order valence-corrected chi connectivity index (χ0v) is 13.0. The molecule has 0 aromatic heterocycles. The monoisotopic (exact) mass is 308 g/mol. The van der Waals surface area contributed by atoms with E-state index in [1.165, 1.54) is 6.42 Å². The van der Waals surface area contributed by atoms with Gasteiger partial charge < -0.3 is 10.2 Å². The summed E-state index contributed by atoms with van der Waals surface area (Å²) in [5.41, 5.74) is 0.554. The standard InChI is InChI=1S/C16H21ClN2O2/c1-12-4-2-3-11-19(12)15(20)9-10-18-16(21)13-5-7-14(17)8-6-13/h5-8,12H,2-4,9-11H2,1H3,(H,18,21). The van der Waals surface area contributed by atoms with Crippen molar-refractivity contribution >= 4 is 23.4 Å². The van der Waals surface area contributed by atoms with Crippen LogP contribution in [0.3, 0.4) is 0 Å². The van der Waals surface area contributed by atoms with Crippen LogP contribution in [0.2, 0.25) is 5.02 Å². The number of nitrogens with zero attached hydrogens (tertiary/aromatic N) is 1. The summed E-state index contributed by atoms with van der Waals surface area (Å²) >= 11 is 5.78. The minimum absolute atomic E-state index is 0.124. The molecule has 0 bridgehead atoms. The number of piperidine rings is 1. The molecule has 5 heteroatoms. The smallest absolute Gasteiger partial charge is 0.251 e. The Balaban J connectivity index is 1.77. The van der Waals surface area contributed by atoms with Gasteiger partial charge >= 0.3 is 0 Å². The van der Waals surface area contributed by atoms with E-state index >= 15 is 0 Å². The zero-order valence-electron chi connectivity index (χ0n) is 12.3. The van der Waals surface area contributed by atoms with Crippen molar-refractivity contribution in [2.24, 2.45) is 0 Å². The van der Waals surface area contributed by atoms with E-state index in [9.17, 15) is 9.59 Å². The molecule has 1 aliphatic heterocycles. The molecule has 0 radical (unpaired) electrons. The molecule has 1 aliphatic rings. The van der Waals surface area contributed by atoms with Gasteiger partial charge in [-0.1, -0.05) is 11.6 Å². The molecular weight excluding hydrogens is 288 g/mol. The molecule has 1 heterocycles. The lowest BCUT2D eigenvalue weighted by Gasteiger charge is -2.33. The highest BCUT2D eigenvalue weighted by Gasteiger charge is 2.22. The third-order valence-electron chi connectivity index (χ3n) is 3.85. The highest BCUT2D eigenvalue weighted by Crippen LogP contribution is 2.17. The summed E-state index contributed by atoms with van der Waals surface area (Å²) in [5, 5.41) is 3.37. The number of hydrogen-bond donors (Lipinski definition) is 1. The molecule has 0 aliphatic carbocycles. The van der Waals surface area contributed by atoms with Crippen LogP contribution in [0, 0.1) is 0 Å². The lowest BCUT2D eigenvalue weighted by molar-refractivity contribution is -0.134. The average Bonchev–Trinajstić information content (AvgIpc) is 2.48. The summed E-state index contributed by atoms with van der Waals surface area (Å²) in [7, 11) is 0. The summed E-state index contributed by atoms with van der Waals surface area (Å²) in [5.74, 6) is -0.0511. The Labute approximate surface area is 130 Å². The Bertz CT molecular complexity index is 502. The van der Waals surface area contributed by atoms with Crippen LogP contribution in [0.15, 0.2) is 24.3 Å². The molecule has 1 aromatic rings. The lowest BCUT2D eigenvalue weighted by Crippen LogP contribution is -2.43. The molecule has 1 aromatic carbocycles. The fourth-order valence-electron chi connectivity index (χ4n) is 2.60. The molecule has 2 rings (SSSR count). The molecule has 4 nitrogen and oxygen atoms in total. The van der Waals surface area contributed by atoms with Gasteiger partial charge in [0.1, 0.15) is 0 Å². The van der Waals surface area contributed by atoms with E-state index in [0.29, 0.717) is 29.6 Å². The largest absolute Gasteiger partial charge is 0.352 e. The Morgan fingerprint density at radius 1 is 1.29 bits per heavy atom. The molecule has 21 heavy (non-hydrogen) atoms. The topological polar surface area (TPSA) is 49.4 Å². The van der Waals surface area contributed by atoms with Crippen molar-refractivity contribution in [1.29, 1.82) is 0 Å². The fourth-order valence-corrected chi connectivity index (χ4v) is 2.72. The van der Waals surface area contributed by atoms with Gasteiger partial charge in [0.05, 0.1) is 0 Å². The molecular formula is C16H21ClN2O2. The number of likely N-dealkylation sites (tertiary alicyclic amines) is 1. The summed E-state index contributed by atoms with van der Waals surface area (Å²) < 4.78 is 0. The number of carbonyl (C=O) groups is 2. The van der Waals surface area contributed by atoms with Crippen molar-refractivity contribution in [3.05, 3.63) is 34.9 Å².